The van der Waals surface area contributed by atoms with Crippen LogP contribution >= 0.6 is 0 Å². The predicted octanol–water partition coefficient (Wildman–Crippen LogP) is 1.81. The quantitative estimate of drug-likeness (QED) is 0.787. The van der Waals surface area contributed by atoms with E-state index >= 15 is 0 Å². The second-order valence-electron chi connectivity index (χ2n) is 4.66. The Morgan fingerprint density at radius 2 is 2.20 bits per heavy atom. The highest BCUT2D eigenvalue weighted by atomic mass is 16.3. The van der Waals surface area contributed by atoms with E-state index in [0.29, 0.717) is 12.5 Å². The van der Waals surface area contributed by atoms with Crippen LogP contribution in [0.25, 0.3) is 0 Å². The summed E-state index contributed by atoms with van der Waals surface area (Å²) in [5.41, 5.74) is 7.14. The molecule has 1 unspecified atom stereocenters. The Balaban J connectivity index is 2.23. The number of benzene rings is 1. The number of hydrogen-bond donors (Lipinski definition) is 2. The van der Waals surface area contributed by atoms with Crippen molar-refractivity contribution in [2.45, 2.75) is 31.8 Å². The number of nitrogens with two attached hydrogens (primary N) is 1. The smallest absolute Gasteiger partial charge is 0.0896 e. The number of aliphatic hydroxyl groups is 1. The summed E-state index contributed by atoms with van der Waals surface area (Å²) in [6.45, 7) is 2.58. The van der Waals surface area contributed by atoms with Gasteiger partial charge in [-0.25, -0.2) is 0 Å². The van der Waals surface area contributed by atoms with Crippen LogP contribution in [0.1, 0.15) is 30.9 Å². The fourth-order valence-corrected chi connectivity index (χ4v) is 2.09. The third-order valence-electron chi connectivity index (χ3n) is 3.32. The zero-order chi connectivity index (χ0) is 10.9. The van der Waals surface area contributed by atoms with Gasteiger partial charge in [0.05, 0.1) is 5.60 Å². The topological polar surface area (TPSA) is 46.2 Å². The van der Waals surface area contributed by atoms with Gasteiger partial charge in [0.1, 0.15) is 0 Å². The average Bonchev–Trinajstić information content (AvgIpc) is 3.02. The molecule has 0 heterocycles. The highest BCUT2D eigenvalue weighted by molar-refractivity contribution is 5.29. The van der Waals surface area contributed by atoms with Crippen LogP contribution in [0, 0.1) is 5.92 Å². The van der Waals surface area contributed by atoms with E-state index in [4.69, 9.17) is 5.73 Å². The van der Waals surface area contributed by atoms with Gasteiger partial charge < -0.3 is 10.8 Å². The van der Waals surface area contributed by atoms with E-state index in [0.717, 1.165) is 24.8 Å². The van der Waals surface area contributed by atoms with E-state index < -0.39 is 5.60 Å². The molecule has 1 atom stereocenters. The van der Waals surface area contributed by atoms with Crippen LogP contribution < -0.4 is 5.73 Å². The first-order valence-corrected chi connectivity index (χ1v) is 5.66. The van der Waals surface area contributed by atoms with E-state index in [2.05, 4.69) is 12.1 Å². The van der Waals surface area contributed by atoms with Crippen molar-refractivity contribution in [2.24, 2.45) is 11.7 Å². The van der Waals surface area contributed by atoms with Crippen molar-refractivity contribution < 1.29 is 5.11 Å². The van der Waals surface area contributed by atoms with Gasteiger partial charge in [0.2, 0.25) is 0 Å². The highest BCUT2D eigenvalue weighted by Crippen LogP contribution is 2.45. The van der Waals surface area contributed by atoms with E-state index in [1.54, 1.807) is 0 Å². The lowest BCUT2D eigenvalue weighted by Gasteiger charge is -2.24. The molecular weight excluding hydrogens is 186 g/mol. The first-order valence-electron chi connectivity index (χ1n) is 5.66. The molecule has 1 fully saturated rings. The Labute approximate surface area is 91.1 Å². The van der Waals surface area contributed by atoms with E-state index in [1.165, 1.54) is 5.56 Å². The average molecular weight is 205 g/mol. The first kappa shape index (κ1) is 10.7. The summed E-state index contributed by atoms with van der Waals surface area (Å²) in [4.78, 5) is 0. The lowest BCUT2D eigenvalue weighted by atomic mass is 9.89. The van der Waals surface area contributed by atoms with E-state index in [-0.39, 0.29) is 0 Å². The summed E-state index contributed by atoms with van der Waals surface area (Å²) in [6.07, 6.45) is 3.18. The maximum atomic E-state index is 10.4. The Morgan fingerprint density at radius 1 is 1.47 bits per heavy atom. The van der Waals surface area contributed by atoms with Crippen molar-refractivity contribution in [3.05, 3.63) is 35.4 Å². The molecule has 0 amide bonds. The molecular formula is C13H19NO. The number of hydrogen-bond acceptors (Lipinski definition) is 2. The minimum atomic E-state index is -0.648. The second kappa shape index (κ2) is 3.95. The normalized spacial score (nSPS) is 19.9. The van der Waals surface area contributed by atoms with Gasteiger partial charge in [0.15, 0.2) is 0 Å². The zero-order valence-corrected chi connectivity index (χ0v) is 9.24. The van der Waals surface area contributed by atoms with Gasteiger partial charge in [-0.3, -0.25) is 0 Å². The SMILES string of the molecule is CC(O)(c1cccc(CCN)c1)C1CC1. The van der Waals surface area contributed by atoms with Gasteiger partial charge >= 0.3 is 0 Å². The third-order valence-corrected chi connectivity index (χ3v) is 3.32. The lowest BCUT2D eigenvalue weighted by Crippen LogP contribution is -2.23. The van der Waals surface area contributed by atoms with Crippen LogP contribution in [0.15, 0.2) is 24.3 Å². The van der Waals surface area contributed by atoms with Crippen LogP contribution in [0.5, 0.6) is 0 Å². The summed E-state index contributed by atoms with van der Waals surface area (Å²) in [6, 6.07) is 8.18. The van der Waals surface area contributed by atoms with Crippen molar-refractivity contribution >= 4 is 0 Å². The summed E-state index contributed by atoms with van der Waals surface area (Å²) in [5, 5.41) is 10.4. The molecule has 0 aliphatic heterocycles. The van der Waals surface area contributed by atoms with Crippen molar-refractivity contribution in [1.29, 1.82) is 0 Å². The first-order chi connectivity index (χ1) is 7.14. The van der Waals surface area contributed by atoms with Crippen LogP contribution in [0.3, 0.4) is 0 Å². The third kappa shape index (κ3) is 2.21. The molecule has 1 aliphatic rings. The van der Waals surface area contributed by atoms with Crippen LogP contribution in [-0.4, -0.2) is 11.7 Å². The molecule has 2 nitrogen and oxygen atoms in total. The Morgan fingerprint density at radius 3 is 2.80 bits per heavy atom. The predicted molar refractivity (Wildman–Crippen MR) is 61.5 cm³/mol. The molecule has 0 bridgehead atoms. The van der Waals surface area contributed by atoms with Crippen molar-refractivity contribution in [2.75, 3.05) is 6.54 Å². The largest absolute Gasteiger partial charge is 0.385 e. The monoisotopic (exact) mass is 205 g/mol. The fourth-order valence-electron chi connectivity index (χ4n) is 2.09. The molecule has 1 saturated carbocycles. The molecule has 0 saturated heterocycles. The van der Waals surface area contributed by atoms with Gasteiger partial charge in [-0.1, -0.05) is 24.3 Å². The van der Waals surface area contributed by atoms with E-state index in [1.807, 2.05) is 19.1 Å². The van der Waals surface area contributed by atoms with Gasteiger partial charge in [0, 0.05) is 0 Å². The molecule has 3 N–H and O–H groups in total. The summed E-state index contributed by atoms with van der Waals surface area (Å²) < 4.78 is 0. The molecule has 0 spiro atoms. The molecule has 15 heavy (non-hydrogen) atoms. The van der Waals surface area contributed by atoms with Gasteiger partial charge in [-0.2, -0.15) is 0 Å². The van der Waals surface area contributed by atoms with Crippen LogP contribution in [-0.2, 0) is 12.0 Å². The summed E-state index contributed by atoms with van der Waals surface area (Å²) in [7, 11) is 0. The molecule has 0 aromatic heterocycles. The minimum absolute atomic E-state index is 0.450. The minimum Gasteiger partial charge on any atom is -0.385 e. The number of rotatable bonds is 4. The Bertz CT molecular complexity index is 342. The Hall–Kier alpha value is -0.860. The molecule has 2 rings (SSSR count). The maximum Gasteiger partial charge on any atom is 0.0896 e. The van der Waals surface area contributed by atoms with Crippen molar-refractivity contribution in [3.8, 4) is 0 Å². The van der Waals surface area contributed by atoms with Crippen LogP contribution in [0.4, 0.5) is 0 Å². The summed E-state index contributed by atoms with van der Waals surface area (Å²) >= 11 is 0. The van der Waals surface area contributed by atoms with Crippen LogP contribution in [0.2, 0.25) is 0 Å². The molecule has 82 valence electrons. The van der Waals surface area contributed by atoms with Gasteiger partial charge in [0.25, 0.3) is 0 Å². The molecule has 1 aromatic carbocycles. The van der Waals surface area contributed by atoms with Gasteiger partial charge in [-0.05, 0) is 49.8 Å². The molecule has 2 heteroatoms. The maximum absolute atomic E-state index is 10.4. The molecule has 0 radical (unpaired) electrons. The lowest BCUT2D eigenvalue weighted by molar-refractivity contribution is 0.0330. The highest BCUT2D eigenvalue weighted by Gasteiger charge is 2.41. The standard InChI is InChI=1S/C13H19NO/c1-13(15,11-5-6-11)12-4-2-3-10(9-12)7-8-14/h2-4,9,11,15H,5-8,14H2,1H3. The van der Waals surface area contributed by atoms with Crippen molar-refractivity contribution in [3.63, 3.8) is 0 Å². The second-order valence-corrected chi connectivity index (χ2v) is 4.66. The Kier molecular flexibility index (Phi) is 2.81. The molecule has 1 aliphatic carbocycles. The van der Waals surface area contributed by atoms with E-state index in [9.17, 15) is 5.11 Å². The fraction of sp³-hybridized carbons (Fsp3) is 0.538. The summed E-state index contributed by atoms with van der Waals surface area (Å²) in [5.74, 6) is 0.450. The molecule has 1 aromatic rings. The van der Waals surface area contributed by atoms with Crippen molar-refractivity contribution in [1.82, 2.24) is 0 Å². The van der Waals surface area contributed by atoms with Gasteiger partial charge in [-0.15, -0.1) is 0 Å². The zero-order valence-electron chi connectivity index (χ0n) is 9.24.